The first-order chi connectivity index (χ1) is 10.1. The molecule has 0 aromatic heterocycles. The van der Waals surface area contributed by atoms with Gasteiger partial charge in [-0.1, -0.05) is 42.5 Å². The van der Waals surface area contributed by atoms with Crippen LogP contribution in [-0.2, 0) is 0 Å². The van der Waals surface area contributed by atoms with Gasteiger partial charge in [-0.15, -0.1) is 0 Å². The van der Waals surface area contributed by atoms with Gasteiger partial charge in [-0.25, -0.2) is 0 Å². The van der Waals surface area contributed by atoms with E-state index in [2.05, 4.69) is 5.32 Å². The van der Waals surface area contributed by atoms with E-state index in [0.717, 1.165) is 10.8 Å². The molecule has 0 bridgehead atoms. The number of nitrogens with one attached hydrogen (secondary N) is 1. The number of carbonyl (C=O) groups is 1. The Morgan fingerprint density at radius 2 is 1.71 bits per heavy atom. The van der Waals surface area contributed by atoms with Crippen molar-refractivity contribution in [2.24, 2.45) is 0 Å². The third-order valence-corrected chi connectivity index (χ3v) is 3.49. The van der Waals surface area contributed by atoms with Gasteiger partial charge in [0.2, 0.25) is 0 Å². The Morgan fingerprint density at radius 3 is 2.52 bits per heavy atom. The normalized spacial score (nSPS) is 10.5. The number of hydrogen-bond donors (Lipinski definition) is 2. The summed E-state index contributed by atoms with van der Waals surface area (Å²) < 4.78 is 0. The highest BCUT2D eigenvalue weighted by Gasteiger charge is 2.12. The molecule has 0 saturated carbocycles. The van der Waals surface area contributed by atoms with Crippen molar-refractivity contribution in [1.82, 2.24) is 0 Å². The summed E-state index contributed by atoms with van der Waals surface area (Å²) in [6.07, 6.45) is 0. The van der Waals surface area contributed by atoms with E-state index >= 15 is 0 Å². The molecule has 0 unspecified atom stereocenters. The second kappa shape index (κ2) is 5.29. The number of rotatable bonds is 2. The summed E-state index contributed by atoms with van der Waals surface area (Å²) in [5.41, 5.74) is 1.67. The van der Waals surface area contributed by atoms with Crippen molar-refractivity contribution < 1.29 is 9.90 Å². The van der Waals surface area contributed by atoms with Gasteiger partial charge in [0.15, 0.2) is 0 Å². The van der Waals surface area contributed by atoms with Crippen molar-refractivity contribution in [3.8, 4) is 5.75 Å². The molecular formula is C18H15NO2. The molecule has 0 radical (unpaired) electrons. The molecule has 0 saturated heterocycles. The zero-order valence-corrected chi connectivity index (χ0v) is 11.6. The topological polar surface area (TPSA) is 49.3 Å². The van der Waals surface area contributed by atoms with Crippen LogP contribution in [0.2, 0.25) is 0 Å². The van der Waals surface area contributed by atoms with Gasteiger partial charge >= 0.3 is 0 Å². The Labute approximate surface area is 122 Å². The second-order valence-corrected chi connectivity index (χ2v) is 4.99. The van der Waals surface area contributed by atoms with Gasteiger partial charge in [-0.3, -0.25) is 4.79 Å². The average molecular weight is 277 g/mol. The maximum Gasteiger partial charge on any atom is 0.259 e. The van der Waals surface area contributed by atoms with Crippen LogP contribution in [0, 0.1) is 6.92 Å². The van der Waals surface area contributed by atoms with E-state index in [0.29, 0.717) is 11.3 Å². The predicted molar refractivity (Wildman–Crippen MR) is 84.7 cm³/mol. The Kier molecular flexibility index (Phi) is 3.32. The number of phenolic OH excluding ortho intramolecular Hbond substituents is 1. The van der Waals surface area contributed by atoms with Gasteiger partial charge in [-0.2, -0.15) is 0 Å². The number of amides is 1. The molecule has 3 rings (SSSR count). The Bertz CT molecular complexity index is 824. The van der Waals surface area contributed by atoms with Gasteiger partial charge in [0.1, 0.15) is 5.75 Å². The molecule has 0 aliphatic heterocycles. The first-order valence-electron chi connectivity index (χ1n) is 6.74. The van der Waals surface area contributed by atoms with Gasteiger partial charge in [0.25, 0.3) is 5.91 Å². The highest BCUT2D eigenvalue weighted by Crippen LogP contribution is 2.24. The lowest BCUT2D eigenvalue weighted by atomic mass is 10.1. The van der Waals surface area contributed by atoms with Crippen molar-refractivity contribution in [2.75, 3.05) is 5.32 Å². The summed E-state index contributed by atoms with van der Waals surface area (Å²) in [7, 11) is 0. The predicted octanol–water partition coefficient (Wildman–Crippen LogP) is 4.11. The summed E-state index contributed by atoms with van der Waals surface area (Å²) in [6, 6.07) is 18.8. The number of benzene rings is 3. The molecule has 3 aromatic rings. The smallest absolute Gasteiger partial charge is 0.259 e. The SMILES string of the molecule is Cc1cccc(C(=O)Nc2ccc3ccccc3c2)c1O. The molecule has 0 atom stereocenters. The molecule has 21 heavy (non-hydrogen) atoms. The van der Waals surface area contributed by atoms with Crippen molar-refractivity contribution >= 4 is 22.4 Å². The summed E-state index contributed by atoms with van der Waals surface area (Å²) in [6.45, 7) is 1.77. The molecule has 0 spiro atoms. The van der Waals surface area contributed by atoms with Crippen molar-refractivity contribution in [1.29, 1.82) is 0 Å². The van der Waals surface area contributed by atoms with E-state index < -0.39 is 0 Å². The van der Waals surface area contributed by atoms with E-state index in [9.17, 15) is 9.90 Å². The van der Waals surface area contributed by atoms with Crippen LogP contribution in [0.25, 0.3) is 10.8 Å². The van der Waals surface area contributed by atoms with Crippen LogP contribution in [0.15, 0.2) is 60.7 Å². The van der Waals surface area contributed by atoms with Crippen LogP contribution >= 0.6 is 0 Å². The lowest BCUT2D eigenvalue weighted by Crippen LogP contribution is -2.12. The fourth-order valence-corrected chi connectivity index (χ4v) is 2.31. The minimum absolute atomic E-state index is 0.0239. The Hall–Kier alpha value is -2.81. The van der Waals surface area contributed by atoms with E-state index in [4.69, 9.17) is 0 Å². The summed E-state index contributed by atoms with van der Waals surface area (Å²) >= 11 is 0. The lowest BCUT2D eigenvalue weighted by molar-refractivity contribution is 0.102. The third kappa shape index (κ3) is 2.58. The second-order valence-electron chi connectivity index (χ2n) is 4.99. The first-order valence-corrected chi connectivity index (χ1v) is 6.74. The van der Waals surface area contributed by atoms with Crippen LogP contribution in [0.4, 0.5) is 5.69 Å². The van der Waals surface area contributed by atoms with E-state index in [1.54, 1.807) is 25.1 Å². The number of para-hydroxylation sites is 1. The third-order valence-electron chi connectivity index (χ3n) is 3.49. The summed E-state index contributed by atoms with van der Waals surface area (Å²) in [5, 5.41) is 15.0. The van der Waals surface area contributed by atoms with Crippen LogP contribution in [0.5, 0.6) is 5.75 Å². The molecular weight excluding hydrogens is 262 g/mol. The minimum Gasteiger partial charge on any atom is -0.507 e. The molecule has 0 aliphatic carbocycles. The standard InChI is InChI=1S/C18H15NO2/c1-12-5-4-8-16(17(12)20)18(21)19-15-10-9-13-6-2-3-7-14(13)11-15/h2-11,20H,1H3,(H,19,21). The highest BCUT2D eigenvalue weighted by molar-refractivity contribution is 6.07. The van der Waals surface area contributed by atoms with Crippen LogP contribution in [0.3, 0.4) is 0 Å². The van der Waals surface area contributed by atoms with Gasteiger partial charge in [-0.05, 0) is 41.5 Å². The fourth-order valence-electron chi connectivity index (χ4n) is 2.31. The quantitative estimate of drug-likeness (QED) is 0.740. The van der Waals surface area contributed by atoms with E-state index in [1.807, 2.05) is 42.5 Å². The molecule has 3 nitrogen and oxygen atoms in total. The number of carbonyl (C=O) groups excluding carboxylic acids is 1. The molecule has 3 heteroatoms. The number of fused-ring (bicyclic) bond motifs is 1. The zero-order valence-electron chi connectivity index (χ0n) is 11.6. The van der Waals surface area contributed by atoms with Crippen molar-refractivity contribution in [2.45, 2.75) is 6.92 Å². The molecule has 0 aliphatic rings. The summed E-state index contributed by atoms with van der Waals surface area (Å²) in [5.74, 6) is -0.290. The highest BCUT2D eigenvalue weighted by atomic mass is 16.3. The van der Waals surface area contributed by atoms with Gasteiger partial charge in [0, 0.05) is 5.69 Å². The molecule has 0 heterocycles. The monoisotopic (exact) mass is 277 g/mol. The van der Waals surface area contributed by atoms with Gasteiger partial charge in [0.05, 0.1) is 5.56 Å². The van der Waals surface area contributed by atoms with Crippen LogP contribution < -0.4 is 5.32 Å². The first kappa shape index (κ1) is 13.2. The summed E-state index contributed by atoms with van der Waals surface area (Å²) in [4.78, 5) is 12.3. The largest absolute Gasteiger partial charge is 0.507 e. The average Bonchev–Trinajstić information content (AvgIpc) is 2.50. The maximum absolute atomic E-state index is 12.3. The molecule has 1 amide bonds. The van der Waals surface area contributed by atoms with Crippen molar-refractivity contribution in [3.63, 3.8) is 0 Å². The van der Waals surface area contributed by atoms with Gasteiger partial charge < -0.3 is 10.4 Å². The Morgan fingerprint density at radius 1 is 0.952 bits per heavy atom. The number of phenols is 1. The van der Waals surface area contributed by atoms with Crippen LogP contribution in [0.1, 0.15) is 15.9 Å². The van der Waals surface area contributed by atoms with Crippen LogP contribution in [-0.4, -0.2) is 11.0 Å². The fraction of sp³-hybridized carbons (Fsp3) is 0.0556. The van der Waals surface area contributed by atoms with E-state index in [-0.39, 0.29) is 17.2 Å². The molecule has 104 valence electrons. The number of aromatic hydroxyl groups is 1. The zero-order chi connectivity index (χ0) is 14.8. The van der Waals surface area contributed by atoms with Crippen molar-refractivity contribution in [3.05, 3.63) is 71.8 Å². The Balaban J connectivity index is 1.91. The number of aryl methyl sites for hydroxylation is 1. The number of hydrogen-bond acceptors (Lipinski definition) is 2. The molecule has 0 fully saturated rings. The lowest BCUT2D eigenvalue weighted by Gasteiger charge is -2.09. The van der Waals surface area contributed by atoms with E-state index in [1.165, 1.54) is 0 Å². The number of anilines is 1. The molecule has 3 aromatic carbocycles. The molecule has 2 N–H and O–H groups in total. The maximum atomic E-state index is 12.3. The minimum atomic E-state index is -0.313.